The second-order valence-corrected chi connectivity index (χ2v) is 5.41. The second kappa shape index (κ2) is 8.77. The van der Waals surface area contributed by atoms with Gasteiger partial charge in [0.05, 0.1) is 0 Å². The van der Waals surface area contributed by atoms with Crippen LogP contribution in [0.15, 0.2) is 24.3 Å². The minimum absolute atomic E-state index is 0.296. The van der Waals surface area contributed by atoms with Crippen molar-refractivity contribution in [3.8, 4) is 0 Å². The number of nitrogens with one attached hydrogen (secondary N) is 2. The predicted octanol–water partition coefficient (Wildman–Crippen LogP) is 2.15. The van der Waals surface area contributed by atoms with Crippen LogP contribution in [0.4, 0.5) is 10.5 Å². The van der Waals surface area contributed by atoms with Gasteiger partial charge in [0.25, 0.3) is 5.91 Å². The number of carboxylic acid groups (broad SMARTS) is 1. The number of amides is 3. The van der Waals surface area contributed by atoms with Gasteiger partial charge in [-0.05, 0) is 24.6 Å². The molecular weight excluding hydrogens is 298 g/mol. The molecule has 1 aromatic carbocycles. The van der Waals surface area contributed by atoms with Crippen LogP contribution in [0.2, 0.25) is 0 Å². The first-order valence-electron chi connectivity index (χ1n) is 7.47. The molecule has 0 heterocycles. The summed E-state index contributed by atoms with van der Waals surface area (Å²) in [4.78, 5) is 36.4. The summed E-state index contributed by atoms with van der Waals surface area (Å²) in [6.45, 7) is 1.96. The first kappa shape index (κ1) is 18.5. The maximum absolute atomic E-state index is 12.2. The fraction of sp³-hybridized carbons (Fsp3) is 0.438. The molecule has 3 amide bonds. The molecule has 1 aromatic rings. The zero-order chi connectivity index (χ0) is 17.4. The van der Waals surface area contributed by atoms with E-state index < -0.39 is 17.9 Å². The van der Waals surface area contributed by atoms with Crippen LogP contribution in [0.25, 0.3) is 0 Å². The molecule has 0 saturated heterocycles. The van der Waals surface area contributed by atoms with Gasteiger partial charge in [-0.1, -0.05) is 25.8 Å². The average molecular weight is 321 g/mol. The molecule has 0 aliphatic rings. The molecule has 126 valence electrons. The van der Waals surface area contributed by atoms with E-state index in [1.54, 1.807) is 32.3 Å². The standard InChI is InChI=1S/C16H23N3O4/c1-4-5-9-13(15(21)22)18-14(20)11-7-6-8-12(10-11)17-16(23)19(2)3/h6-8,10,13H,4-5,9H2,1-3H3,(H,17,23)(H,18,20)(H,21,22). The normalized spacial score (nSPS) is 11.4. The Morgan fingerprint density at radius 3 is 2.52 bits per heavy atom. The number of urea groups is 1. The summed E-state index contributed by atoms with van der Waals surface area (Å²) in [5, 5.41) is 14.3. The van der Waals surface area contributed by atoms with Gasteiger partial charge >= 0.3 is 12.0 Å². The number of aliphatic carboxylic acids is 1. The van der Waals surface area contributed by atoms with Crippen LogP contribution in [-0.2, 0) is 4.79 Å². The van der Waals surface area contributed by atoms with Gasteiger partial charge < -0.3 is 20.6 Å². The van der Waals surface area contributed by atoms with Gasteiger partial charge in [0.15, 0.2) is 0 Å². The van der Waals surface area contributed by atoms with Crippen molar-refractivity contribution in [2.24, 2.45) is 0 Å². The van der Waals surface area contributed by atoms with E-state index in [9.17, 15) is 14.4 Å². The molecule has 0 fully saturated rings. The third-order valence-corrected chi connectivity index (χ3v) is 3.23. The van der Waals surface area contributed by atoms with Crippen molar-refractivity contribution in [2.45, 2.75) is 32.2 Å². The van der Waals surface area contributed by atoms with Gasteiger partial charge in [-0.2, -0.15) is 0 Å². The number of carboxylic acids is 1. The van der Waals surface area contributed by atoms with E-state index in [1.165, 1.54) is 11.0 Å². The number of benzene rings is 1. The van der Waals surface area contributed by atoms with Gasteiger partial charge in [-0.15, -0.1) is 0 Å². The lowest BCUT2D eigenvalue weighted by atomic mass is 10.1. The molecule has 1 rings (SSSR count). The lowest BCUT2D eigenvalue weighted by Gasteiger charge is -2.15. The second-order valence-electron chi connectivity index (χ2n) is 5.41. The largest absolute Gasteiger partial charge is 0.480 e. The number of carbonyl (C=O) groups is 3. The van der Waals surface area contributed by atoms with Crippen molar-refractivity contribution >= 4 is 23.6 Å². The number of hydrogen-bond acceptors (Lipinski definition) is 3. The quantitative estimate of drug-likeness (QED) is 0.716. The number of nitrogens with zero attached hydrogens (tertiary/aromatic N) is 1. The first-order chi connectivity index (χ1) is 10.8. The van der Waals surface area contributed by atoms with Crippen molar-refractivity contribution in [2.75, 3.05) is 19.4 Å². The molecule has 0 aliphatic heterocycles. The lowest BCUT2D eigenvalue weighted by molar-refractivity contribution is -0.139. The van der Waals surface area contributed by atoms with Gasteiger partial charge in [-0.25, -0.2) is 9.59 Å². The average Bonchev–Trinajstić information content (AvgIpc) is 2.51. The Kier molecular flexibility index (Phi) is 7.05. The molecule has 0 aromatic heterocycles. The van der Waals surface area contributed by atoms with Gasteiger partial charge in [-0.3, -0.25) is 4.79 Å². The highest BCUT2D eigenvalue weighted by Gasteiger charge is 2.20. The minimum Gasteiger partial charge on any atom is -0.480 e. The fourth-order valence-corrected chi connectivity index (χ4v) is 1.88. The van der Waals surface area contributed by atoms with Gasteiger partial charge in [0, 0.05) is 25.3 Å². The number of unbranched alkanes of at least 4 members (excludes halogenated alkanes) is 1. The molecule has 0 bridgehead atoms. The van der Waals surface area contributed by atoms with Crippen LogP contribution in [0.1, 0.15) is 36.5 Å². The van der Waals surface area contributed by atoms with Crippen LogP contribution in [0.5, 0.6) is 0 Å². The molecule has 1 unspecified atom stereocenters. The number of rotatable bonds is 7. The van der Waals surface area contributed by atoms with Crippen LogP contribution >= 0.6 is 0 Å². The topological polar surface area (TPSA) is 98.7 Å². The molecule has 7 nitrogen and oxygen atoms in total. The van der Waals surface area contributed by atoms with Crippen LogP contribution < -0.4 is 10.6 Å². The zero-order valence-corrected chi connectivity index (χ0v) is 13.6. The Balaban J connectivity index is 2.79. The smallest absolute Gasteiger partial charge is 0.326 e. The summed E-state index contributed by atoms with van der Waals surface area (Å²) < 4.78 is 0. The summed E-state index contributed by atoms with van der Waals surface area (Å²) in [7, 11) is 3.22. The Morgan fingerprint density at radius 2 is 1.96 bits per heavy atom. The number of anilines is 1. The number of hydrogen-bond donors (Lipinski definition) is 3. The summed E-state index contributed by atoms with van der Waals surface area (Å²) in [5.41, 5.74) is 0.765. The molecule has 3 N–H and O–H groups in total. The first-order valence-corrected chi connectivity index (χ1v) is 7.47. The highest BCUT2D eigenvalue weighted by molar-refractivity contribution is 5.98. The molecular formula is C16H23N3O4. The number of carbonyl (C=O) groups excluding carboxylic acids is 2. The fourth-order valence-electron chi connectivity index (χ4n) is 1.88. The van der Waals surface area contributed by atoms with E-state index in [0.29, 0.717) is 17.7 Å². The molecule has 23 heavy (non-hydrogen) atoms. The van der Waals surface area contributed by atoms with Crippen molar-refractivity contribution in [1.29, 1.82) is 0 Å². The Bertz CT molecular complexity index is 572. The molecule has 0 spiro atoms. The maximum atomic E-state index is 12.2. The van der Waals surface area contributed by atoms with Crippen LogP contribution in [-0.4, -0.2) is 48.1 Å². The van der Waals surface area contributed by atoms with E-state index in [4.69, 9.17) is 5.11 Å². The van der Waals surface area contributed by atoms with Crippen LogP contribution in [0, 0.1) is 0 Å². The van der Waals surface area contributed by atoms with Gasteiger partial charge in [0.2, 0.25) is 0 Å². The van der Waals surface area contributed by atoms with Crippen molar-refractivity contribution < 1.29 is 19.5 Å². The highest BCUT2D eigenvalue weighted by Crippen LogP contribution is 2.12. The predicted molar refractivity (Wildman–Crippen MR) is 87.6 cm³/mol. The van der Waals surface area contributed by atoms with E-state index in [2.05, 4.69) is 10.6 Å². The minimum atomic E-state index is -1.05. The summed E-state index contributed by atoms with van der Waals surface area (Å²) in [6, 6.07) is 5.14. The lowest BCUT2D eigenvalue weighted by Crippen LogP contribution is -2.40. The molecule has 0 aliphatic carbocycles. The van der Waals surface area contributed by atoms with E-state index in [1.807, 2.05) is 6.92 Å². The molecule has 0 saturated carbocycles. The SMILES string of the molecule is CCCCC(NC(=O)c1cccc(NC(=O)N(C)C)c1)C(=O)O. The summed E-state index contributed by atoms with van der Waals surface area (Å²) in [5.74, 6) is -1.53. The van der Waals surface area contributed by atoms with E-state index in [-0.39, 0.29) is 6.03 Å². The summed E-state index contributed by atoms with van der Waals surface area (Å²) in [6.07, 6.45) is 1.95. The molecule has 0 radical (unpaired) electrons. The molecule has 7 heteroatoms. The van der Waals surface area contributed by atoms with Crippen molar-refractivity contribution in [3.63, 3.8) is 0 Å². The maximum Gasteiger partial charge on any atom is 0.326 e. The third-order valence-electron chi connectivity index (χ3n) is 3.23. The van der Waals surface area contributed by atoms with Gasteiger partial charge in [0.1, 0.15) is 6.04 Å². The van der Waals surface area contributed by atoms with Crippen LogP contribution in [0.3, 0.4) is 0 Å². The van der Waals surface area contributed by atoms with E-state index >= 15 is 0 Å². The zero-order valence-electron chi connectivity index (χ0n) is 13.6. The van der Waals surface area contributed by atoms with Crippen molar-refractivity contribution in [3.05, 3.63) is 29.8 Å². The Hall–Kier alpha value is -2.57. The van der Waals surface area contributed by atoms with Crippen molar-refractivity contribution in [1.82, 2.24) is 10.2 Å². The Morgan fingerprint density at radius 1 is 1.26 bits per heavy atom. The summed E-state index contributed by atoms with van der Waals surface area (Å²) >= 11 is 0. The highest BCUT2D eigenvalue weighted by atomic mass is 16.4. The van der Waals surface area contributed by atoms with E-state index in [0.717, 1.165) is 12.8 Å². The Labute approximate surface area is 135 Å². The third kappa shape index (κ3) is 5.98. The molecule has 1 atom stereocenters. The monoisotopic (exact) mass is 321 g/mol.